The maximum Gasteiger partial charge on any atom is 0.404 e. The fourth-order valence-electron chi connectivity index (χ4n) is 2.06. The van der Waals surface area contributed by atoms with Gasteiger partial charge in [0.05, 0.1) is 6.54 Å². The molecule has 1 amide bonds. The summed E-state index contributed by atoms with van der Waals surface area (Å²) in [7, 11) is 0. The first kappa shape index (κ1) is 14.2. The number of nitrogens with zero attached hydrogens (tertiary/aromatic N) is 3. The van der Waals surface area contributed by atoms with Gasteiger partial charge in [-0.3, -0.25) is 4.98 Å². The lowest BCUT2D eigenvalue weighted by Gasteiger charge is -2.06. The summed E-state index contributed by atoms with van der Waals surface area (Å²) in [5, 5.41) is 11.0. The third-order valence-corrected chi connectivity index (χ3v) is 4.15. The van der Waals surface area contributed by atoms with Crippen LogP contribution < -0.4 is 5.32 Å². The van der Waals surface area contributed by atoms with Crippen molar-refractivity contribution in [2.75, 3.05) is 0 Å². The van der Waals surface area contributed by atoms with E-state index in [9.17, 15) is 4.79 Å². The Morgan fingerprint density at radius 1 is 1.09 bits per heavy atom. The second-order valence-electron chi connectivity index (χ2n) is 4.47. The smallest absolute Gasteiger partial charge is 0.404 e. The number of hydrogen-bond donors (Lipinski definition) is 2. The van der Waals surface area contributed by atoms with Crippen LogP contribution in [0.1, 0.15) is 4.88 Å². The van der Waals surface area contributed by atoms with E-state index in [4.69, 9.17) is 5.11 Å². The molecule has 0 aromatic carbocycles. The Morgan fingerprint density at radius 3 is 2.68 bits per heavy atom. The highest BCUT2D eigenvalue weighted by atomic mass is 32.1. The van der Waals surface area contributed by atoms with Gasteiger partial charge in [0.1, 0.15) is 6.33 Å². The van der Waals surface area contributed by atoms with Gasteiger partial charge in [0.15, 0.2) is 0 Å². The Balaban J connectivity index is 1.94. The number of nitrogens with one attached hydrogen (secondary N) is 1. The molecule has 3 aromatic rings. The summed E-state index contributed by atoms with van der Waals surface area (Å²) in [4.78, 5) is 24.8. The molecular weight excluding hydrogens is 300 g/mol. The monoisotopic (exact) mass is 312 g/mol. The Kier molecular flexibility index (Phi) is 4.06. The topological polar surface area (TPSA) is 88.0 Å². The van der Waals surface area contributed by atoms with Crippen LogP contribution in [0, 0.1) is 0 Å². The number of amides is 1. The average molecular weight is 312 g/mol. The molecule has 0 unspecified atom stereocenters. The zero-order valence-electron chi connectivity index (χ0n) is 11.4. The molecule has 22 heavy (non-hydrogen) atoms. The lowest BCUT2D eigenvalue weighted by Crippen LogP contribution is -2.19. The van der Waals surface area contributed by atoms with Gasteiger partial charge in [-0.1, -0.05) is 0 Å². The third-order valence-electron chi connectivity index (χ3n) is 3.03. The Labute approximate surface area is 130 Å². The molecule has 0 aliphatic heterocycles. The van der Waals surface area contributed by atoms with E-state index >= 15 is 0 Å². The Bertz CT molecular complexity index is 789. The van der Waals surface area contributed by atoms with Gasteiger partial charge in [-0.05, 0) is 23.8 Å². The SMILES string of the molecule is O=C(O)NCc1ccc(-c2cnccc2-c2cncnc2)s1. The van der Waals surface area contributed by atoms with Gasteiger partial charge in [0.25, 0.3) is 0 Å². The largest absolute Gasteiger partial charge is 0.465 e. The van der Waals surface area contributed by atoms with E-state index in [1.54, 1.807) is 24.8 Å². The van der Waals surface area contributed by atoms with Crippen LogP contribution >= 0.6 is 11.3 Å². The molecule has 3 heterocycles. The maximum absolute atomic E-state index is 10.6. The van der Waals surface area contributed by atoms with Gasteiger partial charge < -0.3 is 10.4 Å². The summed E-state index contributed by atoms with van der Waals surface area (Å²) < 4.78 is 0. The predicted octanol–water partition coefficient (Wildman–Crippen LogP) is 3.03. The van der Waals surface area contributed by atoms with Crippen LogP contribution in [-0.4, -0.2) is 26.2 Å². The van der Waals surface area contributed by atoms with Crippen molar-refractivity contribution < 1.29 is 9.90 Å². The van der Waals surface area contributed by atoms with Crippen molar-refractivity contribution in [3.63, 3.8) is 0 Å². The highest BCUT2D eigenvalue weighted by Gasteiger charge is 2.10. The number of rotatable bonds is 4. The first-order chi connectivity index (χ1) is 10.7. The van der Waals surface area contributed by atoms with Crippen molar-refractivity contribution in [1.82, 2.24) is 20.3 Å². The quantitative estimate of drug-likeness (QED) is 0.773. The predicted molar refractivity (Wildman–Crippen MR) is 83.4 cm³/mol. The summed E-state index contributed by atoms with van der Waals surface area (Å²) in [6.45, 7) is 0.296. The van der Waals surface area contributed by atoms with Crippen LogP contribution in [0.4, 0.5) is 4.79 Å². The number of hydrogen-bond acceptors (Lipinski definition) is 5. The molecule has 0 saturated carbocycles. The number of carboxylic acid groups (broad SMARTS) is 1. The van der Waals surface area contributed by atoms with Gasteiger partial charge in [-0.15, -0.1) is 11.3 Å². The van der Waals surface area contributed by atoms with E-state index in [2.05, 4.69) is 20.3 Å². The van der Waals surface area contributed by atoms with Gasteiger partial charge in [-0.25, -0.2) is 14.8 Å². The van der Waals surface area contributed by atoms with Crippen molar-refractivity contribution in [3.05, 3.63) is 54.2 Å². The van der Waals surface area contributed by atoms with Crippen molar-refractivity contribution in [3.8, 4) is 21.6 Å². The van der Waals surface area contributed by atoms with Gasteiger partial charge in [0, 0.05) is 45.7 Å². The van der Waals surface area contributed by atoms with E-state index < -0.39 is 6.09 Å². The molecule has 0 fully saturated rings. The molecule has 6 nitrogen and oxygen atoms in total. The first-order valence-corrected chi connectivity index (χ1v) is 7.31. The molecule has 0 bridgehead atoms. The highest BCUT2D eigenvalue weighted by Crippen LogP contribution is 2.34. The third kappa shape index (κ3) is 3.09. The zero-order chi connectivity index (χ0) is 15.4. The summed E-state index contributed by atoms with van der Waals surface area (Å²) in [5.74, 6) is 0. The van der Waals surface area contributed by atoms with Crippen LogP contribution in [-0.2, 0) is 6.54 Å². The lowest BCUT2D eigenvalue weighted by atomic mass is 10.0. The Morgan fingerprint density at radius 2 is 1.91 bits per heavy atom. The molecule has 0 saturated heterocycles. The number of thiophene rings is 1. The second kappa shape index (κ2) is 6.31. The molecule has 0 aliphatic rings. The van der Waals surface area contributed by atoms with Crippen LogP contribution in [0.15, 0.2) is 49.3 Å². The van der Waals surface area contributed by atoms with E-state index in [1.807, 2.05) is 18.2 Å². The van der Waals surface area contributed by atoms with Crippen LogP contribution in [0.25, 0.3) is 21.6 Å². The standard InChI is InChI=1S/C15H12N4O2S/c20-15(21)19-7-11-1-2-14(22-11)13-8-16-4-3-12(13)10-5-17-9-18-6-10/h1-6,8-9,19H,7H2,(H,20,21). The van der Waals surface area contributed by atoms with E-state index in [0.29, 0.717) is 6.54 Å². The summed E-state index contributed by atoms with van der Waals surface area (Å²) >= 11 is 1.53. The molecule has 0 spiro atoms. The molecule has 2 N–H and O–H groups in total. The minimum Gasteiger partial charge on any atom is -0.465 e. The second-order valence-corrected chi connectivity index (χ2v) is 5.64. The van der Waals surface area contributed by atoms with Gasteiger partial charge >= 0.3 is 6.09 Å². The molecule has 7 heteroatoms. The van der Waals surface area contributed by atoms with Crippen LogP contribution in [0.5, 0.6) is 0 Å². The molecule has 3 aromatic heterocycles. The number of carbonyl (C=O) groups is 1. The minimum atomic E-state index is -1.03. The first-order valence-electron chi connectivity index (χ1n) is 6.49. The van der Waals surface area contributed by atoms with Gasteiger partial charge in [0.2, 0.25) is 0 Å². The molecule has 0 aliphatic carbocycles. The minimum absolute atomic E-state index is 0.296. The van der Waals surface area contributed by atoms with Gasteiger partial charge in [-0.2, -0.15) is 0 Å². The average Bonchev–Trinajstić information content (AvgIpc) is 3.03. The lowest BCUT2D eigenvalue weighted by molar-refractivity contribution is 0.194. The summed E-state index contributed by atoms with van der Waals surface area (Å²) in [5.41, 5.74) is 2.89. The van der Waals surface area contributed by atoms with E-state index in [-0.39, 0.29) is 0 Å². The summed E-state index contributed by atoms with van der Waals surface area (Å²) in [6, 6.07) is 5.80. The van der Waals surface area contributed by atoms with Crippen molar-refractivity contribution in [2.45, 2.75) is 6.54 Å². The highest BCUT2D eigenvalue weighted by molar-refractivity contribution is 7.15. The molecule has 0 radical (unpaired) electrons. The van der Waals surface area contributed by atoms with E-state index in [1.165, 1.54) is 17.7 Å². The van der Waals surface area contributed by atoms with Crippen LogP contribution in [0.3, 0.4) is 0 Å². The van der Waals surface area contributed by atoms with Crippen LogP contribution in [0.2, 0.25) is 0 Å². The normalized spacial score (nSPS) is 10.4. The zero-order valence-corrected chi connectivity index (χ0v) is 12.2. The fourth-order valence-corrected chi connectivity index (χ4v) is 3.03. The van der Waals surface area contributed by atoms with Crippen molar-refractivity contribution in [2.24, 2.45) is 0 Å². The maximum atomic E-state index is 10.6. The number of pyridine rings is 1. The van der Waals surface area contributed by atoms with Crippen molar-refractivity contribution in [1.29, 1.82) is 0 Å². The summed E-state index contributed by atoms with van der Waals surface area (Å²) in [6.07, 6.45) is 7.50. The molecule has 0 atom stereocenters. The Hall–Kier alpha value is -2.80. The molecule has 3 rings (SSSR count). The number of aromatic nitrogens is 3. The fraction of sp³-hybridized carbons (Fsp3) is 0.0667. The molecule has 110 valence electrons. The van der Waals surface area contributed by atoms with E-state index in [0.717, 1.165) is 26.4 Å². The molecular formula is C15H12N4O2S. The van der Waals surface area contributed by atoms with Crippen molar-refractivity contribution >= 4 is 17.4 Å².